The molecule has 0 fully saturated rings. The van der Waals surface area contributed by atoms with Crippen molar-refractivity contribution in [2.75, 3.05) is 39.6 Å². The second-order valence-electron chi connectivity index (χ2n) is 30.2. The number of unbranched alkanes of at least 4 members (excludes halogenated alkanes) is 50. The van der Waals surface area contributed by atoms with Crippen LogP contribution in [0.25, 0.3) is 0 Å². The fraction of sp³-hybridized carbons (Fsp3) is 0.951. The second-order valence-corrected chi connectivity index (χ2v) is 33.1. The molecule has 0 aromatic heterocycles. The number of carbonyl (C=O) groups is 4. The molecule has 0 aliphatic carbocycles. The topological polar surface area (TPSA) is 237 Å². The molecule has 0 heterocycles. The van der Waals surface area contributed by atoms with Gasteiger partial charge in [-0.1, -0.05) is 382 Å². The summed E-state index contributed by atoms with van der Waals surface area (Å²) < 4.78 is 68.6. The fourth-order valence-electron chi connectivity index (χ4n) is 12.7. The molecule has 0 saturated heterocycles. The summed E-state index contributed by atoms with van der Waals surface area (Å²) >= 11 is 0. The van der Waals surface area contributed by atoms with Gasteiger partial charge in [0.1, 0.15) is 19.3 Å². The van der Waals surface area contributed by atoms with Crippen LogP contribution in [0.2, 0.25) is 0 Å². The number of esters is 4. The first-order valence-electron chi connectivity index (χ1n) is 42.5. The van der Waals surface area contributed by atoms with E-state index in [1.54, 1.807) is 0 Å². The van der Waals surface area contributed by atoms with Gasteiger partial charge >= 0.3 is 39.5 Å². The number of aliphatic hydroxyl groups excluding tert-OH is 1. The van der Waals surface area contributed by atoms with E-state index >= 15 is 0 Å². The number of phosphoric acid groups is 2. The van der Waals surface area contributed by atoms with Gasteiger partial charge in [0, 0.05) is 25.7 Å². The molecule has 0 spiro atoms. The monoisotopic (exact) mass is 1480 g/mol. The molecule has 0 bridgehead atoms. The molecule has 17 nitrogen and oxygen atoms in total. The summed E-state index contributed by atoms with van der Waals surface area (Å²) in [6.07, 6.45) is 64.2. The normalized spacial score (nSPS) is 14.2. The number of ether oxygens (including phenoxy) is 4. The van der Waals surface area contributed by atoms with Gasteiger partial charge in [0.25, 0.3) is 0 Å². The van der Waals surface area contributed by atoms with Gasteiger partial charge in [0.15, 0.2) is 12.2 Å². The molecule has 0 amide bonds. The molecule has 600 valence electrons. The van der Waals surface area contributed by atoms with Gasteiger partial charge in [-0.3, -0.25) is 37.3 Å². The average Bonchev–Trinajstić information content (AvgIpc) is 0.923. The Bertz CT molecular complexity index is 1940. The molecule has 0 aliphatic rings. The summed E-state index contributed by atoms with van der Waals surface area (Å²) in [5.41, 5.74) is 0. The summed E-state index contributed by atoms with van der Waals surface area (Å²) in [4.78, 5) is 72.9. The Morgan fingerprint density at radius 2 is 0.505 bits per heavy atom. The average molecular weight is 1480 g/mol. The molecule has 0 aromatic rings. The van der Waals surface area contributed by atoms with E-state index in [0.29, 0.717) is 25.7 Å². The highest BCUT2D eigenvalue weighted by Gasteiger charge is 2.30. The highest BCUT2D eigenvalue weighted by atomic mass is 31.2. The summed E-state index contributed by atoms with van der Waals surface area (Å²) in [5.74, 6) is -0.573. The molecule has 0 aromatic carbocycles. The van der Waals surface area contributed by atoms with Crippen LogP contribution in [0.1, 0.15) is 433 Å². The van der Waals surface area contributed by atoms with Crippen molar-refractivity contribution in [2.24, 2.45) is 11.8 Å². The third-order valence-electron chi connectivity index (χ3n) is 19.6. The van der Waals surface area contributed by atoms with E-state index in [4.69, 9.17) is 37.0 Å². The van der Waals surface area contributed by atoms with Crippen molar-refractivity contribution < 1.29 is 80.2 Å². The van der Waals surface area contributed by atoms with Crippen LogP contribution < -0.4 is 0 Å². The zero-order valence-electron chi connectivity index (χ0n) is 66.2. The zero-order valence-corrected chi connectivity index (χ0v) is 68.0. The van der Waals surface area contributed by atoms with Crippen LogP contribution in [0.15, 0.2) is 0 Å². The molecule has 0 radical (unpaired) electrons. The zero-order chi connectivity index (χ0) is 74.2. The van der Waals surface area contributed by atoms with Crippen LogP contribution in [0, 0.1) is 11.8 Å². The Morgan fingerprint density at radius 1 is 0.287 bits per heavy atom. The molecule has 6 atom stereocenters. The third-order valence-corrected chi connectivity index (χ3v) is 21.5. The summed E-state index contributed by atoms with van der Waals surface area (Å²) in [6.45, 7) is 9.60. The van der Waals surface area contributed by atoms with Gasteiger partial charge in [-0.25, -0.2) is 9.13 Å². The molecular weight excluding hydrogens is 1320 g/mol. The molecule has 3 N–H and O–H groups in total. The third kappa shape index (κ3) is 74.7. The van der Waals surface area contributed by atoms with E-state index < -0.39 is 97.5 Å². The first kappa shape index (κ1) is 99.1. The number of aliphatic hydroxyl groups is 1. The maximum Gasteiger partial charge on any atom is 0.472 e. The number of hydrogen-bond acceptors (Lipinski definition) is 15. The Kier molecular flexibility index (Phi) is 72.2. The van der Waals surface area contributed by atoms with Crippen molar-refractivity contribution >= 4 is 39.5 Å². The Balaban J connectivity index is 5.16. The Morgan fingerprint density at radius 3 is 0.752 bits per heavy atom. The van der Waals surface area contributed by atoms with Gasteiger partial charge in [0.2, 0.25) is 0 Å². The van der Waals surface area contributed by atoms with Gasteiger partial charge in [-0.05, 0) is 37.5 Å². The van der Waals surface area contributed by atoms with Gasteiger partial charge in [-0.2, -0.15) is 0 Å². The van der Waals surface area contributed by atoms with E-state index in [2.05, 4.69) is 41.5 Å². The minimum atomic E-state index is -4.96. The van der Waals surface area contributed by atoms with E-state index in [-0.39, 0.29) is 25.7 Å². The lowest BCUT2D eigenvalue weighted by Crippen LogP contribution is -2.30. The van der Waals surface area contributed by atoms with Crippen LogP contribution in [-0.2, 0) is 65.4 Å². The van der Waals surface area contributed by atoms with Crippen LogP contribution in [-0.4, -0.2) is 96.7 Å². The van der Waals surface area contributed by atoms with Crippen molar-refractivity contribution in [1.82, 2.24) is 0 Å². The number of carbonyl (C=O) groups excluding carboxylic acids is 4. The SMILES string of the molecule is CCCCCCCCCCCCCCCCCCCCCCCC(=O)OC[C@H](COP(=O)(O)OC[C@@H](O)COP(=O)(O)OC[C@@H](COC(=O)CCCCCCCCCCC)OC(=O)CCCCCCCCC(C)CC)OC(=O)CCCCCCCCCCCCCCCCCCCCC(C)C. The standard InChI is InChI=1S/C82H160O17P2/c1-7-10-12-14-16-18-19-20-21-22-23-24-25-29-32-35-38-42-46-53-59-65-80(85)93-70-77(98-81(86)66-60-54-47-43-39-36-33-30-27-26-28-31-34-37-41-44-50-56-62-74(4)5)72-96-100(88,89)94-68-76(83)69-95-101(90,91)97-73-78(71-92-79(84)64-58-52-45-40-17-15-13-11-8-2)99-82(87)67-61-55-49-48-51-57-63-75(6)9-3/h74-78,83H,7-73H2,1-6H3,(H,88,89)(H,90,91)/t75?,76-,77-,78-/m1/s1. The van der Waals surface area contributed by atoms with E-state index in [0.717, 1.165) is 102 Å². The molecule has 101 heavy (non-hydrogen) atoms. The quantitative estimate of drug-likeness (QED) is 0.0222. The second kappa shape index (κ2) is 73.6. The summed E-state index contributed by atoms with van der Waals surface area (Å²) in [5, 5.41) is 10.6. The van der Waals surface area contributed by atoms with Crippen molar-refractivity contribution in [3.05, 3.63) is 0 Å². The van der Waals surface area contributed by atoms with Crippen LogP contribution in [0.5, 0.6) is 0 Å². The molecule has 19 heteroatoms. The highest BCUT2D eigenvalue weighted by molar-refractivity contribution is 7.47. The van der Waals surface area contributed by atoms with Crippen molar-refractivity contribution in [2.45, 2.75) is 452 Å². The van der Waals surface area contributed by atoms with Gasteiger partial charge < -0.3 is 33.8 Å². The Labute approximate surface area is 619 Å². The lowest BCUT2D eigenvalue weighted by Gasteiger charge is -2.21. The molecule has 0 aliphatic heterocycles. The van der Waals surface area contributed by atoms with Gasteiger partial charge in [0.05, 0.1) is 26.4 Å². The number of rotatable bonds is 81. The predicted octanol–water partition coefficient (Wildman–Crippen LogP) is 24.7. The molecule has 0 saturated carbocycles. The maximum atomic E-state index is 13.1. The van der Waals surface area contributed by atoms with Crippen LogP contribution in [0.3, 0.4) is 0 Å². The number of hydrogen-bond donors (Lipinski definition) is 3. The first-order valence-corrected chi connectivity index (χ1v) is 45.5. The minimum absolute atomic E-state index is 0.103. The van der Waals surface area contributed by atoms with Crippen molar-refractivity contribution in [1.29, 1.82) is 0 Å². The predicted molar refractivity (Wildman–Crippen MR) is 414 cm³/mol. The minimum Gasteiger partial charge on any atom is -0.462 e. The van der Waals surface area contributed by atoms with Gasteiger partial charge in [-0.15, -0.1) is 0 Å². The van der Waals surface area contributed by atoms with E-state index in [1.165, 1.54) is 250 Å². The molecule has 3 unspecified atom stereocenters. The van der Waals surface area contributed by atoms with Crippen molar-refractivity contribution in [3.63, 3.8) is 0 Å². The smallest absolute Gasteiger partial charge is 0.462 e. The fourth-order valence-corrected chi connectivity index (χ4v) is 14.3. The van der Waals surface area contributed by atoms with Crippen LogP contribution in [0.4, 0.5) is 0 Å². The first-order chi connectivity index (χ1) is 48.9. The Hall–Kier alpha value is -1.94. The lowest BCUT2D eigenvalue weighted by molar-refractivity contribution is -0.161. The summed E-state index contributed by atoms with van der Waals surface area (Å²) in [6, 6.07) is 0. The van der Waals surface area contributed by atoms with Crippen molar-refractivity contribution in [3.8, 4) is 0 Å². The van der Waals surface area contributed by atoms with E-state index in [1.807, 2.05) is 0 Å². The largest absolute Gasteiger partial charge is 0.472 e. The summed E-state index contributed by atoms with van der Waals surface area (Å²) in [7, 11) is -9.92. The van der Waals surface area contributed by atoms with Crippen LogP contribution >= 0.6 is 15.6 Å². The number of phosphoric ester groups is 2. The van der Waals surface area contributed by atoms with E-state index in [9.17, 15) is 43.2 Å². The highest BCUT2D eigenvalue weighted by Crippen LogP contribution is 2.45. The molecular formula is C82H160O17P2. The maximum absolute atomic E-state index is 13.1. The molecule has 0 rings (SSSR count). The lowest BCUT2D eigenvalue weighted by atomic mass is 10.00.